The zero-order chi connectivity index (χ0) is 56.9. The topological polar surface area (TPSA) is 4.93 Å². The van der Waals surface area contributed by atoms with Gasteiger partial charge in [0.15, 0.2) is 8.07 Å². The van der Waals surface area contributed by atoms with Crippen LogP contribution in [0.2, 0.25) is 0 Å². The molecule has 3 heteroatoms. The minimum atomic E-state index is -3.03. The first-order valence-corrected chi connectivity index (χ1v) is 32.9. The first-order valence-electron chi connectivity index (χ1n) is 30.1. The first kappa shape index (κ1) is 50.4. The lowest BCUT2D eigenvalue weighted by molar-refractivity contribution is 0.738. The van der Waals surface area contributed by atoms with Crippen LogP contribution in [-0.4, -0.2) is 12.6 Å². The van der Waals surface area contributed by atoms with Crippen molar-refractivity contribution in [1.82, 2.24) is 4.57 Å². The van der Waals surface area contributed by atoms with Crippen molar-refractivity contribution in [3.63, 3.8) is 0 Å². The third kappa shape index (κ3) is 8.11. The van der Waals surface area contributed by atoms with E-state index in [0.717, 1.165) is 6.42 Å². The summed E-state index contributed by atoms with van der Waals surface area (Å²) < 4.78 is 5.12. The van der Waals surface area contributed by atoms with E-state index in [1.54, 1.807) is 0 Å². The van der Waals surface area contributed by atoms with Gasteiger partial charge in [0, 0.05) is 36.6 Å². The average Bonchev–Trinajstić information content (AvgIpc) is 3.40. The van der Waals surface area contributed by atoms with Crippen molar-refractivity contribution in [2.75, 3.05) is 0 Å². The lowest BCUT2D eigenvalue weighted by atomic mass is 9.80. The molecule has 0 bridgehead atoms. The van der Waals surface area contributed by atoms with Crippen LogP contribution in [-0.2, 0) is 6.42 Å². The third-order valence-electron chi connectivity index (χ3n) is 18.7. The number of hydrogen-bond acceptors (Lipinski definition) is 1. The van der Waals surface area contributed by atoms with Crippen molar-refractivity contribution in [2.45, 2.75) is 13.3 Å². The van der Waals surface area contributed by atoms with E-state index in [9.17, 15) is 0 Å². The molecule has 0 saturated heterocycles. The Morgan fingerprint density at radius 3 is 1.72 bits per heavy atom. The van der Waals surface area contributed by atoms with E-state index in [4.69, 9.17) is 0 Å². The van der Waals surface area contributed by atoms with Crippen LogP contribution in [0, 0.1) is 5.92 Å². The normalized spacial score (nSPS) is 13.5. The Hall–Kier alpha value is -10.2. The van der Waals surface area contributed by atoms with E-state index < -0.39 is 8.07 Å². The summed E-state index contributed by atoms with van der Waals surface area (Å²) in [5.41, 5.74) is 16.5. The molecule has 1 nitrogen and oxygen atoms in total. The van der Waals surface area contributed by atoms with Gasteiger partial charge in [-0.15, -0.1) is 11.3 Å². The molecule has 0 aliphatic heterocycles. The number of allylic oxidation sites excluding steroid dienone is 1. The van der Waals surface area contributed by atoms with Gasteiger partial charge in [0.2, 0.25) is 0 Å². The maximum Gasteiger partial charge on any atom is 0.181 e. The number of hydrogen-bond donors (Lipinski definition) is 0. The Morgan fingerprint density at radius 2 is 0.942 bits per heavy atom. The monoisotopic (exact) mass is 1130 g/mol. The second-order valence-corrected chi connectivity index (χ2v) is 28.4. The van der Waals surface area contributed by atoms with Crippen LogP contribution in [0.1, 0.15) is 23.6 Å². The van der Waals surface area contributed by atoms with E-state index >= 15 is 0 Å². The fourth-order valence-corrected chi connectivity index (χ4v) is 21.2. The predicted molar refractivity (Wildman–Crippen MR) is 373 cm³/mol. The molecule has 16 aromatic rings. The molecule has 86 heavy (non-hydrogen) atoms. The number of nitrogens with zero attached hydrogens (tertiary/aromatic N) is 1. The summed E-state index contributed by atoms with van der Waals surface area (Å²) in [5, 5.41) is 18.2. The number of thiophene rings is 1. The first-order chi connectivity index (χ1) is 42.5. The van der Waals surface area contributed by atoms with Crippen molar-refractivity contribution in [3.8, 4) is 39.1 Å². The fourth-order valence-electron chi connectivity index (χ4n) is 14.7. The summed E-state index contributed by atoms with van der Waals surface area (Å²) in [6.45, 7) is 2.38. The lowest BCUT2D eigenvalue weighted by Gasteiger charge is -2.35. The number of para-hydroxylation sites is 2. The van der Waals surface area contributed by atoms with Crippen LogP contribution < -0.4 is 20.7 Å². The summed E-state index contributed by atoms with van der Waals surface area (Å²) in [7, 11) is -3.03. The second kappa shape index (κ2) is 20.3. The molecule has 1 unspecified atom stereocenters. The molecule has 17 rings (SSSR count). The van der Waals surface area contributed by atoms with Crippen molar-refractivity contribution >= 4 is 126 Å². The van der Waals surface area contributed by atoms with Gasteiger partial charge in [0.05, 0.1) is 11.0 Å². The Balaban J connectivity index is 0.770. The van der Waals surface area contributed by atoms with Gasteiger partial charge in [-0.1, -0.05) is 256 Å². The van der Waals surface area contributed by atoms with Gasteiger partial charge in [0.1, 0.15) is 0 Å². The molecule has 1 aliphatic carbocycles. The van der Waals surface area contributed by atoms with Crippen molar-refractivity contribution in [3.05, 3.63) is 320 Å². The highest BCUT2D eigenvalue weighted by Gasteiger charge is 2.43. The summed E-state index contributed by atoms with van der Waals surface area (Å²) in [6.07, 6.45) is 3.45. The van der Waals surface area contributed by atoms with Crippen molar-refractivity contribution in [1.29, 1.82) is 0 Å². The molecule has 0 N–H and O–H groups in total. The van der Waals surface area contributed by atoms with Crippen LogP contribution in [0.15, 0.2) is 303 Å². The zero-order valence-electron chi connectivity index (χ0n) is 47.6. The van der Waals surface area contributed by atoms with E-state index in [2.05, 4.69) is 321 Å². The Morgan fingerprint density at radius 1 is 0.360 bits per heavy atom. The highest BCUT2D eigenvalue weighted by molar-refractivity contribution is 7.30. The minimum Gasteiger partial charge on any atom is -0.309 e. The highest BCUT2D eigenvalue weighted by atomic mass is 32.1. The van der Waals surface area contributed by atoms with Crippen LogP contribution in [0.3, 0.4) is 0 Å². The standard InChI is InChI=1S/C83H57NSSi/c1-54-45-65-48-58(38-39-61(65)49-75(54)64-40-37-55-19-8-9-20-56(55)46-64)57-22-16-23-62(47-57)76-52-63-21-10-11-30-70(63)77-50-59(41-43-71(76)77)60-42-44-81-78(51-60)74-33-18-36-82(83(74)85-81)86(67-25-4-2-5-26-67,68-27-6-3-7-28-68)69-29-17-24-66(53-69)84-79-34-14-12-31-72(79)73-32-13-15-35-80(73)84/h2-44,46-54H,45H2,1H3. The molecule has 0 radical (unpaired) electrons. The van der Waals surface area contributed by atoms with Gasteiger partial charge in [0.25, 0.3) is 0 Å². The molecule has 1 aliphatic rings. The smallest absolute Gasteiger partial charge is 0.181 e. The Bertz CT molecular complexity index is 5320. The predicted octanol–water partition coefficient (Wildman–Crippen LogP) is 19.7. The van der Waals surface area contributed by atoms with Gasteiger partial charge >= 0.3 is 0 Å². The van der Waals surface area contributed by atoms with E-state index in [0.29, 0.717) is 5.92 Å². The van der Waals surface area contributed by atoms with Crippen LogP contribution in [0.4, 0.5) is 0 Å². The number of fused-ring (bicyclic) bond motifs is 11. The van der Waals surface area contributed by atoms with Gasteiger partial charge < -0.3 is 4.57 Å². The number of aromatic nitrogens is 1. The summed E-state index contributed by atoms with van der Waals surface area (Å²) >= 11 is 1.95. The molecule has 0 spiro atoms. The van der Waals surface area contributed by atoms with Gasteiger partial charge in [-0.2, -0.15) is 0 Å². The molecule has 404 valence electrons. The SMILES string of the molecule is CC1Cc2cc(-c3cccc(-c4cc5ccccc5c5cc(-c6ccc7sc8c([Si](c9ccccc9)(c9ccccc9)c9cccc(-n%10c%11ccccc%11c%11ccccc%11%10)c9)cccc8c7c6)ccc45)c3)ccc2C=C1c1ccc2ccccc2c1. The molecular formula is C83H57NSSi. The van der Waals surface area contributed by atoms with Crippen molar-refractivity contribution in [2.24, 2.45) is 5.92 Å². The summed E-state index contributed by atoms with van der Waals surface area (Å²) in [5.74, 6) is 0.416. The minimum absolute atomic E-state index is 0.416. The van der Waals surface area contributed by atoms with Crippen LogP contribution in [0.5, 0.6) is 0 Å². The zero-order valence-corrected chi connectivity index (χ0v) is 49.4. The van der Waals surface area contributed by atoms with Crippen molar-refractivity contribution < 1.29 is 0 Å². The van der Waals surface area contributed by atoms with E-state index in [1.807, 2.05) is 11.3 Å². The quantitative estimate of drug-likeness (QED) is 0.0771. The van der Waals surface area contributed by atoms with Gasteiger partial charge in [-0.05, 0) is 182 Å². The third-order valence-corrected chi connectivity index (χ3v) is 24.9. The molecular weight excluding hydrogens is 1070 g/mol. The lowest BCUT2D eigenvalue weighted by Crippen LogP contribution is -2.74. The molecule has 0 saturated carbocycles. The van der Waals surface area contributed by atoms with Gasteiger partial charge in [-0.3, -0.25) is 0 Å². The molecule has 2 aromatic heterocycles. The fraction of sp³-hybridized carbons (Fsp3) is 0.0361. The molecule has 1 atom stereocenters. The largest absolute Gasteiger partial charge is 0.309 e. The molecule has 14 aromatic carbocycles. The van der Waals surface area contributed by atoms with E-state index in [1.165, 1.54) is 156 Å². The van der Waals surface area contributed by atoms with Crippen LogP contribution >= 0.6 is 11.3 Å². The number of rotatable bonds is 9. The molecule has 0 fully saturated rings. The summed E-state index contributed by atoms with van der Waals surface area (Å²) in [6, 6.07) is 115. The van der Waals surface area contributed by atoms with Gasteiger partial charge in [-0.25, -0.2) is 0 Å². The highest BCUT2D eigenvalue weighted by Crippen LogP contribution is 2.43. The average molecular weight is 1130 g/mol. The molecule has 0 amide bonds. The van der Waals surface area contributed by atoms with Crippen LogP contribution in [0.25, 0.3) is 125 Å². The molecule has 2 heterocycles. The maximum atomic E-state index is 2.51. The summed E-state index contributed by atoms with van der Waals surface area (Å²) in [4.78, 5) is 0. The Kier molecular flexibility index (Phi) is 11.9. The maximum absolute atomic E-state index is 3.03. The Labute approximate surface area is 505 Å². The number of benzene rings is 14. The second-order valence-electron chi connectivity index (χ2n) is 23.6. The van der Waals surface area contributed by atoms with E-state index in [-0.39, 0.29) is 0 Å².